The second kappa shape index (κ2) is 31.4. The maximum atomic E-state index is 16.0. The second-order valence-electron chi connectivity index (χ2n) is 19.3. The molecule has 25 nitrogen and oxygen atoms in total. The molecule has 14 atom stereocenters. The molecule has 442 valence electrons. The van der Waals surface area contributed by atoms with Crippen LogP contribution >= 0.6 is 77.4 Å². The third kappa shape index (κ3) is 19.0. The van der Waals surface area contributed by atoms with Gasteiger partial charge in [0.25, 0.3) is 0 Å². The van der Waals surface area contributed by atoms with Crippen LogP contribution in [-0.4, -0.2) is 190 Å². The highest BCUT2D eigenvalue weighted by molar-refractivity contribution is 8.83. The number of carboxylic acid groups (broad SMARTS) is 1. The minimum absolute atomic E-state index is 0.0129. The van der Waals surface area contributed by atoms with E-state index in [9.17, 15) is 63.6 Å². The van der Waals surface area contributed by atoms with E-state index in [1.807, 2.05) is 0 Å². The van der Waals surface area contributed by atoms with Gasteiger partial charge in [0.05, 0.1) is 60.7 Å². The molecule has 0 aromatic heterocycles. The number of aliphatic hydroxyl groups is 1. The van der Waals surface area contributed by atoms with Gasteiger partial charge in [0.2, 0.25) is 34.7 Å². The summed E-state index contributed by atoms with van der Waals surface area (Å²) in [6, 6.07) is 0.115. The molecular formula is C49H64N10O15S7. The lowest BCUT2D eigenvalue weighted by molar-refractivity contribution is -0.141. The summed E-state index contributed by atoms with van der Waals surface area (Å²) in [5.74, 6) is -8.65. The Hall–Kier alpha value is -4.58. The third-order valence-electron chi connectivity index (χ3n) is 13.2. The topological polar surface area (TPSA) is 394 Å². The Bertz CT molecular complexity index is 2630. The number of aldehydes is 1. The summed E-state index contributed by atoms with van der Waals surface area (Å²) >= 11 is 4.47. The molecule has 5 aliphatic rings. The SMILES string of the molecule is C[C@@H]1NC(=O)[C@@H]2CCCN2C(=O)[C@H](CC(N)=O)NC2SSC(=O)[C@H](CS)NC3N[C@@H](CCC(=O)O)C(=O)N[C@@H](Cc4ccc(O)cc4)C(=O)C2SSC(N[C@H](C=O)Cc2ccc(O)cc2)C(=O)CNC(=O)[C@H]([C@@H](C)O)NC(SS3)C1=O. The average Bonchev–Trinajstić information content (AvgIpc) is 3.95. The van der Waals surface area contributed by atoms with Crippen LogP contribution in [0.25, 0.3) is 0 Å². The number of carbonyl (C=O) groups excluding carboxylic acids is 10. The van der Waals surface area contributed by atoms with Gasteiger partial charge in [-0.25, -0.2) is 0 Å². The van der Waals surface area contributed by atoms with Crippen LogP contribution in [0.4, 0.5) is 0 Å². The van der Waals surface area contributed by atoms with Gasteiger partial charge in [-0.2, -0.15) is 12.6 Å². The Morgan fingerprint density at radius 2 is 1.48 bits per heavy atom. The van der Waals surface area contributed by atoms with E-state index in [0.29, 0.717) is 56.2 Å². The minimum Gasteiger partial charge on any atom is -0.508 e. The van der Waals surface area contributed by atoms with E-state index in [4.69, 9.17) is 5.73 Å². The maximum Gasteiger partial charge on any atom is 0.303 e. The van der Waals surface area contributed by atoms with E-state index in [1.165, 1.54) is 55.1 Å². The fourth-order valence-corrected chi connectivity index (χ4v) is 17.9. The van der Waals surface area contributed by atoms with Gasteiger partial charge in [-0.15, -0.1) is 0 Å². The summed E-state index contributed by atoms with van der Waals surface area (Å²) in [5.41, 5.74) is 5.47. The molecule has 0 saturated carbocycles. The molecule has 32 heteroatoms. The number of nitrogens with zero attached hydrogens (tertiary/aromatic N) is 1. The summed E-state index contributed by atoms with van der Waals surface area (Å²) in [4.78, 5) is 158. The number of benzene rings is 2. The molecule has 2 aromatic rings. The Morgan fingerprint density at radius 1 is 0.815 bits per heavy atom. The van der Waals surface area contributed by atoms with Gasteiger partial charge >= 0.3 is 5.97 Å². The summed E-state index contributed by atoms with van der Waals surface area (Å²) < 4.78 is 0. The number of primary amides is 1. The molecule has 81 heavy (non-hydrogen) atoms. The molecule has 5 unspecified atom stereocenters. The number of aliphatic carboxylic acids is 1. The first kappa shape index (κ1) is 65.6. The molecule has 5 fully saturated rings. The number of nitrogens with two attached hydrogens (primary N) is 1. The maximum absolute atomic E-state index is 16.0. The average molecular weight is 1260 g/mol. The Balaban J connectivity index is 1.64. The Morgan fingerprint density at radius 3 is 2.11 bits per heavy atom. The van der Waals surface area contributed by atoms with Crippen molar-refractivity contribution >= 4 is 142 Å². The molecule has 2 aromatic carbocycles. The van der Waals surface area contributed by atoms with Gasteiger partial charge in [0.15, 0.2) is 17.3 Å². The van der Waals surface area contributed by atoms with Crippen LogP contribution in [0.5, 0.6) is 11.5 Å². The number of hydrogen-bond donors (Lipinski definition) is 14. The fraction of sp³-hybridized carbons (Fsp3) is 0.531. The molecule has 0 spiro atoms. The normalized spacial score (nSPS) is 29.9. The minimum atomic E-state index is -1.67. The van der Waals surface area contributed by atoms with Crippen molar-refractivity contribution in [2.45, 2.75) is 140 Å². The van der Waals surface area contributed by atoms with Gasteiger partial charge in [0, 0.05) is 18.7 Å². The molecule has 5 heterocycles. The summed E-state index contributed by atoms with van der Waals surface area (Å²) in [5, 5.41) is 57.5. The monoisotopic (exact) mass is 1260 g/mol. The van der Waals surface area contributed by atoms with Crippen molar-refractivity contribution in [1.82, 2.24) is 47.4 Å². The quantitative estimate of drug-likeness (QED) is 0.0617. The number of hydrogen-bond acceptors (Lipinski definition) is 26. The molecule has 0 radical (unpaired) electrons. The summed E-state index contributed by atoms with van der Waals surface area (Å²) in [7, 11) is 4.24. The highest BCUT2D eigenvalue weighted by Crippen LogP contribution is 2.42. The van der Waals surface area contributed by atoms with Crippen LogP contribution < -0.4 is 48.3 Å². The van der Waals surface area contributed by atoms with Crippen molar-refractivity contribution in [1.29, 1.82) is 0 Å². The lowest BCUT2D eigenvalue weighted by Gasteiger charge is -2.35. The molecule has 5 amide bonds. The molecular weight excluding hydrogens is 1190 g/mol. The molecule has 5 saturated heterocycles. The van der Waals surface area contributed by atoms with Gasteiger partial charge in [-0.1, -0.05) is 78.2 Å². The molecule has 4 bridgehead atoms. The van der Waals surface area contributed by atoms with Crippen LogP contribution in [0.15, 0.2) is 48.5 Å². The number of fused-ring (bicyclic) bond motifs is 14. The number of rotatable bonds is 14. The Kier molecular flexibility index (Phi) is 25.4. The van der Waals surface area contributed by atoms with Crippen molar-refractivity contribution in [2.75, 3.05) is 18.8 Å². The van der Waals surface area contributed by atoms with E-state index in [0.717, 1.165) is 32.4 Å². The smallest absolute Gasteiger partial charge is 0.303 e. The fourth-order valence-electron chi connectivity index (χ4n) is 8.84. The highest BCUT2D eigenvalue weighted by atomic mass is 33.1. The zero-order valence-electron chi connectivity index (χ0n) is 43.6. The van der Waals surface area contributed by atoms with E-state index in [2.05, 4.69) is 55.2 Å². The second-order valence-corrected chi connectivity index (χ2v) is 27.0. The number of nitrogens with one attached hydrogen (secondary N) is 8. The predicted molar refractivity (Wildman–Crippen MR) is 312 cm³/mol. The van der Waals surface area contributed by atoms with E-state index in [1.54, 1.807) is 12.1 Å². The standard InChI is InChI=1S/C49H64N10O15S7/c1-22-38(68)45-58-37(23(2)61)43(72)51-19-34(64)44(53-26(20-60)16-24-5-9-27(62)10-6-24)77-76-40-39(69)30(17-25-7-11-28(63)12-8-25)54-41(70)29(13-14-36(66)67)56-49(81-78-45)57-32(21-75)48(74)80-79-46(40)55-31(18-35(50)65)47(73)59-15-3-4-33(59)42(71)52-22/h5-12,20,22-23,26,29-33,37,40,44-46,49,53,55-58,61-63,75H,3-4,13-19,21H2,1-2H3,(H2,50,65)(H,51,72)(H,52,71)(H,54,70)(H,66,67)/t22-,23+,26-,29-,30-,31-,32-,33-,37-,40?,44?,45?,46?,49?/m0/s1. The van der Waals surface area contributed by atoms with Gasteiger partial charge in [-0.3, -0.25) is 74.5 Å². The van der Waals surface area contributed by atoms with Crippen LogP contribution in [0.3, 0.4) is 0 Å². The zero-order valence-corrected chi connectivity index (χ0v) is 49.3. The number of carbonyl (C=O) groups is 11. The first-order valence-corrected chi connectivity index (χ1v) is 32.9. The first-order valence-electron chi connectivity index (χ1n) is 25.5. The number of thiol groups is 1. The Labute approximate surface area is 495 Å². The zero-order chi connectivity index (χ0) is 59.1. The van der Waals surface area contributed by atoms with Crippen molar-refractivity contribution in [3.63, 3.8) is 0 Å². The lowest BCUT2D eigenvalue weighted by atomic mass is 9.98. The van der Waals surface area contributed by atoms with Crippen molar-refractivity contribution < 1.29 is 73.2 Å². The third-order valence-corrected chi connectivity index (χ3v) is 21.8. The number of aliphatic hydroxyl groups excluding tert-OH is 1. The van der Waals surface area contributed by atoms with Gasteiger partial charge in [-0.05, 0) is 92.1 Å². The number of ketones is 3. The summed E-state index contributed by atoms with van der Waals surface area (Å²) in [6.07, 6.45) is -2.77. The highest BCUT2D eigenvalue weighted by Gasteiger charge is 2.45. The first-order chi connectivity index (χ1) is 38.5. The predicted octanol–water partition coefficient (Wildman–Crippen LogP) is -0.930. The van der Waals surface area contributed by atoms with Crippen LogP contribution in [0.1, 0.15) is 57.1 Å². The largest absolute Gasteiger partial charge is 0.508 e. The van der Waals surface area contributed by atoms with E-state index >= 15 is 9.59 Å². The lowest BCUT2D eigenvalue weighted by Crippen LogP contribution is -2.60. The number of phenols is 2. The number of aromatic hydroxyl groups is 2. The molecule has 0 aliphatic carbocycles. The van der Waals surface area contributed by atoms with Crippen LogP contribution in [0, 0.1) is 0 Å². The van der Waals surface area contributed by atoms with Crippen molar-refractivity contribution in [2.24, 2.45) is 5.73 Å². The molecule has 7 rings (SSSR count). The molecule has 14 N–H and O–H groups in total. The van der Waals surface area contributed by atoms with Crippen LogP contribution in [-0.2, 0) is 65.6 Å². The van der Waals surface area contributed by atoms with Crippen LogP contribution in [0.2, 0.25) is 0 Å². The number of phenolic OH excluding ortho intramolecular Hbond substituents is 2. The van der Waals surface area contributed by atoms with Crippen molar-refractivity contribution in [3.05, 3.63) is 59.7 Å². The van der Waals surface area contributed by atoms with E-state index < -0.39 is 165 Å². The molecule has 5 aliphatic heterocycles. The number of amides is 5. The van der Waals surface area contributed by atoms with Gasteiger partial charge < -0.3 is 51.8 Å². The number of carboxylic acids is 1. The number of Topliss-reactive ketones (excluding diaryl/α,β-unsaturated/α-hetero) is 3. The summed E-state index contributed by atoms with van der Waals surface area (Å²) in [6.45, 7) is 1.79. The van der Waals surface area contributed by atoms with Crippen molar-refractivity contribution in [3.8, 4) is 11.5 Å². The van der Waals surface area contributed by atoms with E-state index in [-0.39, 0.29) is 43.1 Å². The van der Waals surface area contributed by atoms with Gasteiger partial charge in [0.1, 0.15) is 51.4 Å².